The van der Waals surface area contributed by atoms with Gasteiger partial charge in [-0.2, -0.15) is 0 Å². The van der Waals surface area contributed by atoms with Gasteiger partial charge in [0.1, 0.15) is 51.6 Å². The highest BCUT2D eigenvalue weighted by Gasteiger charge is 2.58. The number of benzene rings is 4. The van der Waals surface area contributed by atoms with Crippen molar-refractivity contribution in [1.29, 1.82) is 0 Å². The first-order valence-electron chi connectivity index (χ1n) is 23.0. The first-order chi connectivity index (χ1) is 35.8. The number of rotatable bonds is 15. The average Bonchev–Trinajstić information content (AvgIpc) is 3.64. The molecule has 0 saturated carbocycles. The van der Waals surface area contributed by atoms with Gasteiger partial charge in [-0.3, -0.25) is 33.6 Å². The molecule has 4 aliphatic heterocycles. The monoisotopic (exact) mass is 1080 g/mol. The number of esters is 6. The highest BCUT2D eigenvalue weighted by molar-refractivity contribution is 8.00. The number of amides is 3. The number of β-lactam (4-membered cyclic amide) rings is 1. The largest absolute Gasteiger partial charge is 0.456 e. The van der Waals surface area contributed by atoms with Crippen molar-refractivity contribution >= 4 is 99.6 Å². The van der Waals surface area contributed by atoms with Gasteiger partial charge >= 0.3 is 41.4 Å². The van der Waals surface area contributed by atoms with Gasteiger partial charge in [-0.15, -0.1) is 23.5 Å². The predicted octanol–water partition coefficient (Wildman–Crippen LogP) is 5.54. The summed E-state index contributed by atoms with van der Waals surface area (Å²) in [6.07, 6.45) is 0.671. The molecule has 4 aliphatic rings. The van der Waals surface area contributed by atoms with E-state index in [2.05, 4.69) is 10.6 Å². The third-order valence-corrected chi connectivity index (χ3v) is 15.1. The molecule has 4 unspecified atom stereocenters. The van der Waals surface area contributed by atoms with E-state index in [4.69, 9.17) is 49.2 Å². The maximum Gasteiger partial charge on any atom is 0.349 e. The van der Waals surface area contributed by atoms with Crippen molar-refractivity contribution in [2.45, 2.75) is 68.5 Å². The number of halogens is 1. The fraction of sp³-hybridized carbons (Fsp3) is 0.294. The van der Waals surface area contributed by atoms with Crippen LogP contribution in [0.25, 0.3) is 11.0 Å². The average molecular weight is 1080 g/mol. The molecule has 2 N–H and O–H groups in total. The molecule has 2 fully saturated rings. The minimum Gasteiger partial charge on any atom is -0.456 e. The molecular formula is C51H42ClN3O18S2. The fourth-order valence-electron chi connectivity index (χ4n) is 8.97. The van der Waals surface area contributed by atoms with E-state index < -0.39 is 107 Å². The lowest BCUT2D eigenvalue weighted by Gasteiger charge is -2.54. The molecule has 4 aromatic carbocycles. The van der Waals surface area contributed by atoms with Gasteiger partial charge in [-0.25, -0.2) is 14.4 Å². The molecule has 1 aromatic heterocycles. The molecule has 3 amide bonds. The summed E-state index contributed by atoms with van der Waals surface area (Å²) in [5, 5.41) is 4.43. The molecule has 388 valence electrons. The van der Waals surface area contributed by atoms with Crippen molar-refractivity contribution in [3.05, 3.63) is 116 Å². The van der Waals surface area contributed by atoms with Crippen molar-refractivity contribution in [3.8, 4) is 28.7 Å². The first kappa shape index (κ1) is 52.0. The summed E-state index contributed by atoms with van der Waals surface area (Å²) >= 11 is 8.86. The van der Waals surface area contributed by atoms with Crippen LogP contribution in [-0.4, -0.2) is 101 Å². The summed E-state index contributed by atoms with van der Waals surface area (Å²) < 4.78 is 43.9. The van der Waals surface area contributed by atoms with Crippen LogP contribution < -0.4 is 35.2 Å². The molecule has 5 aromatic rings. The minimum atomic E-state index is -1.55. The summed E-state index contributed by atoms with van der Waals surface area (Å²) in [5.41, 5.74) is -1.55. The minimum absolute atomic E-state index is 0.0120. The van der Waals surface area contributed by atoms with E-state index in [0.29, 0.717) is 28.0 Å². The third kappa shape index (κ3) is 10.3. The van der Waals surface area contributed by atoms with E-state index in [1.165, 1.54) is 72.6 Å². The van der Waals surface area contributed by atoms with Crippen LogP contribution in [0.1, 0.15) is 77.9 Å². The number of carbonyl (C=O) groups is 9. The number of nitrogens with one attached hydrogen (secondary N) is 2. The second kappa shape index (κ2) is 21.2. The topological polar surface area (TPSA) is 276 Å². The van der Waals surface area contributed by atoms with E-state index in [1.54, 1.807) is 49.4 Å². The second-order valence-electron chi connectivity index (χ2n) is 17.3. The number of fused-ring (bicyclic) bond motifs is 8. The van der Waals surface area contributed by atoms with E-state index in [-0.39, 0.29) is 68.2 Å². The number of nitrogens with zero attached hydrogens (tertiary/aromatic N) is 1. The summed E-state index contributed by atoms with van der Waals surface area (Å²) in [7, 11) is 0. The van der Waals surface area contributed by atoms with Gasteiger partial charge in [0.2, 0.25) is 18.6 Å². The molecule has 1 spiro atoms. The maximum atomic E-state index is 14.0. The van der Waals surface area contributed by atoms with Gasteiger partial charge in [-0.1, -0.05) is 24.6 Å². The Labute approximate surface area is 438 Å². The lowest BCUT2D eigenvalue weighted by atomic mass is 9.77. The predicted molar refractivity (Wildman–Crippen MR) is 263 cm³/mol. The highest BCUT2D eigenvalue weighted by atomic mass is 35.5. The standard InChI is InChI=1S/C51H42ClN3O18S2/c1-5-6-42(60)71-40-18-37-26(14-36(40)52)13-32(48(63)72-37)45(61)53-19-41(59)54-43-46(62)55-44(50(65)67-22-66-23(2)56)27(21-75-47(43)55)20-74-30-9-12-33-31(17-30)49(64)73-51(33)34-10-7-28(68-24(3)57)15-38(34)70-39-16-29(69-25(4)58)8-11-35(39)51/h7-18,27,43-44,47H,5-6,19-22H2,1-4H3,(H,53,61)(H,54,59). The molecule has 2 saturated heterocycles. The van der Waals surface area contributed by atoms with Crippen LogP contribution in [0.15, 0.2) is 86.9 Å². The number of hydrogen-bond donors (Lipinski definition) is 2. The van der Waals surface area contributed by atoms with Crippen molar-refractivity contribution in [2.75, 3.05) is 24.8 Å². The summed E-state index contributed by atoms with van der Waals surface area (Å²) in [4.78, 5) is 130. The van der Waals surface area contributed by atoms with Crippen molar-refractivity contribution in [3.63, 3.8) is 0 Å². The van der Waals surface area contributed by atoms with E-state index in [0.717, 1.165) is 6.92 Å². The number of ether oxygens (including phenoxy) is 7. The van der Waals surface area contributed by atoms with E-state index >= 15 is 0 Å². The van der Waals surface area contributed by atoms with E-state index in [1.807, 2.05) is 0 Å². The van der Waals surface area contributed by atoms with Gasteiger partial charge < -0.3 is 53.1 Å². The molecule has 9 rings (SSSR count). The zero-order chi connectivity index (χ0) is 53.5. The molecule has 24 heteroatoms. The fourth-order valence-corrected chi connectivity index (χ4v) is 11.9. The SMILES string of the molecule is CCCC(=O)Oc1cc2oc(=O)c(C(=O)NCC(=O)NC3C(=O)N4C3SCC(CSc3ccc5c(c3)C(=O)OC53c5ccc(OC(C)=O)cc5Oc5cc(OC(C)=O)ccc53)C4C(=O)OCOC(C)=O)cc2cc1Cl. The molecule has 75 heavy (non-hydrogen) atoms. The normalized spacial score (nSPS) is 18.4. The van der Waals surface area contributed by atoms with Crippen molar-refractivity contribution in [1.82, 2.24) is 15.5 Å². The Balaban J connectivity index is 0.891. The number of thioether (sulfide) groups is 2. The highest BCUT2D eigenvalue weighted by Crippen LogP contribution is 2.57. The summed E-state index contributed by atoms with van der Waals surface area (Å²) in [6, 6.07) is 15.9. The third-order valence-electron chi connectivity index (χ3n) is 12.2. The Hall–Kier alpha value is -7.89. The Bertz CT molecular complexity index is 3280. The Morgan fingerprint density at radius 1 is 0.827 bits per heavy atom. The molecular weight excluding hydrogens is 1040 g/mol. The molecule has 0 bridgehead atoms. The van der Waals surface area contributed by atoms with Crippen LogP contribution in [0.3, 0.4) is 0 Å². The van der Waals surface area contributed by atoms with Crippen LogP contribution >= 0.6 is 35.1 Å². The second-order valence-corrected chi connectivity index (χ2v) is 20.0. The van der Waals surface area contributed by atoms with Gasteiger partial charge in [0, 0.05) is 89.8 Å². The van der Waals surface area contributed by atoms with E-state index in [9.17, 15) is 47.9 Å². The smallest absolute Gasteiger partial charge is 0.349 e. The first-order valence-corrected chi connectivity index (χ1v) is 25.4. The Morgan fingerprint density at radius 2 is 1.51 bits per heavy atom. The van der Waals surface area contributed by atoms with Crippen LogP contribution in [-0.2, 0) is 53.4 Å². The molecule has 5 heterocycles. The number of carbonyl (C=O) groups excluding carboxylic acids is 9. The van der Waals surface area contributed by atoms with Gasteiger partial charge in [0.05, 0.1) is 17.1 Å². The zero-order valence-corrected chi connectivity index (χ0v) is 42.4. The van der Waals surface area contributed by atoms with Crippen LogP contribution in [0.5, 0.6) is 28.7 Å². The summed E-state index contributed by atoms with van der Waals surface area (Å²) in [5.74, 6) is -5.70. The molecule has 21 nitrogen and oxygen atoms in total. The summed E-state index contributed by atoms with van der Waals surface area (Å²) in [6.45, 7) is 4.04. The van der Waals surface area contributed by atoms with Crippen LogP contribution in [0.2, 0.25) is 5.02 Å². The lowest BCUT2D eigenvalue weighted by Crippen LogP contribution is -2.76. The molecule has 0 aliphatic carbocycles. The zero-order valence-electron chi connectivity index (χ0n) is 40.0. The quantitative estimate of drug-likeness (QED) is 0.0325. The number of hydrogen-bond acceptors (Lipinski definition) is 20. The Morgan fingerprint density at radius 3 is 2.16 bits per heavy atom. The van der Waals surface area contributed by atoms with Crippen molar-refractivity contribution in [2.24, 2.45) is 5.92 Å². The molecule has 0 radical (unpaired) electrons. The van der Waals surface area contributed by atoms with Crippen LogP contribution in [0, 0.1) is 5.92 Å². The van der Waals surface area contributed by atoms with Gasteiger partial charge in [-0.05, 0) is 55.0 Å². The van der Waals surface area contributed by atoms with Gasteiger partial charge in [0.15, 0.2) is 11.4 Å². The lowest BCUT2D eigenvalue weighted by molar-refractivity contribution is -0.178. The van der Waals surface area contributed by atoms with Crippen LogP contribution in [0.4, 0.5) is 0 Å². The molecule has 4 atom stereocenters. The van der Waals surface area contributed by atoms with Crippen molar-refractivity contribution < 1.29 is 80.7 Å². The Kier molecular flexibility index (Phi) is 14.7. The maximum absolute atomic E-state index is 14.0. The van der Waals surface area contributed by atoms with Gasteiger partial charge in [0.25, 0.3) is 5.91 Å².